The molecule has 4 atom stereocenters. The third kappa shape index (κ3) is 3.35. The Bertz CT molecular complexity index is 271. The molecule has 1 nitrogen and oxygen atoms in total. The molecule has 2 aliphatic rings. The van der Waals surface area contributed by atoms with E-state index in [4.69, 9.17) is 0 Å². The molecule has 2 saturated carbocycles. The minimum Gasteiger partial charge on any atom is -0.314 e. The van der Waals surface area contributed by atoms with E-state index < -0.39 is 0 Å². The van der Waals surface area contributed by atoms with Gasteiger partial charge in [0.1, 0.15) is 0 Å². The summed E-state index contributed by atoms with van der Waals surface area (Å²) in [6, 6.07) is 0.785. The topological polar surface area (TPSA) is 12.0 Å². The van der Waals surface area contributed by atoms with E-state index in [-0.39, 0.29) is 0 Å². The van der Waals surface area contributed by atoms with Crippen molar-refractivity contribution in [3.8, 4) is 0 Å². The first-order chi connectivity index (χ1) is 9.10. The van der Waals surface area contributed by atoms with Gasteiger partial charge in [0, 0.05) is 6.04 Å². The minimum atomic E-state index is 0.558. The van der Waals surface area contributed by atoms with Gasteiger partial charge in [-0.1, -0.05) is 59.8 Å². The summed E-state index contributed by atoms with van der Waals surface area (Å²) < 4.78 is 0. The van der Waals surface area contributed by atoms with Crippen molar-refractivity contribution in [3.63, 3.8) is 0 Å². The van der Waals surface area contributed by atoms with Gasteiger partial charge in [-0.3, -0.25) is 0 Å². The lowest BCUT2D eigenvalue weighted by Crippen LogP contribution is -2.48. The van der Waals surface area contributed by atoms with Crippen LogP contribution in [0.25, 0.3) is 0 Å². The molecular formula is C18H35N. The Balaban J connectivity index is 2.13. The lowest BCUT2D eigenvalue weighted by molar-refractivity contribution is 0.0929. The van der Waals surface area contributed by atoms with Gasteiger partial charge in [0.05, 0.1) is 0 Å². The van der Waals surface area contributed by atoms with Crippen molar-refractivity contribution in [1.82, 2.24) is 5.32 Å². The zero-order chi connectivity index (χ0) is 13.9. The smallest absolute Gasteiger partial charge is 0.0131 e. The maximum absolute atomic E-state index is 3.91. The van der Waals surface area contributed by atoms with Crippen molar-refractivity contribution in [2.24, 2.45) is 23.2 Å². The van der Waals surface area contributed by atoms with E-state index in [2.05, 4.69) is 33.0 Å². The first-order valence-corrected chi connectivity index (χ1v) is 8.83. The van der Waals surface area contributed by atoms with E-state index in [1.165, 1.54) is 51.4 Å². The van der Waals surface area contributed by atoms with Crippen LogP contribution in [0.2, 0.25) is 0 Å². The first kappa shape index (κ1) is 15.4. The van der Waals surface area contributed by atoms with Crippen LogP contribution >= 0.6 is 0 Å². The van der Waals surface area contributed by atoms with Crippen LogP contribution in [0, 0.1) is 23.2 Å². The average Bonchev–Trinajstić information content (AvgIpc) is 2.75. The highest BCUT2D eigenvalue weighted by atomic mass is 14.9. The number of nitrogens with one attached hydrogen (secondary N) is 1. The maximum Gasteiger partial charge on any atom is 0.0131 e. The summed E-state index contributed by atoms with van der Waals surface area (Å²) in [4.78, 5) is 0. The molecular weight excluding hydrogens is 230 g/mol. The third-order valence-electron chi connectivity index (χ3n) is 6.17. The highest BCUT2D eigenvalue weighted by Crippen LogP contribution is 2.48. The number of hydrogen-bond donors (Lipinski definition) is 1. The standard InChI is InChI=1S/C18H35N/c1-5-14-10-7-8-11-15(14)17(19-6-2)16-12-9-13-18(16,3)4/h14-17,19H,5-13H2,1-4H3. The zero-order valence-corrected chi connectivity index (χ0v) is 13.7. The lowest BCUT2D eigenvalue weighted by atomic mass is 9.66. The second kappa shape index (κ2) is 6.61. The fraction of sp³-hybridized carbons (Fsp3) is 1.00. The summed E-state index contributed by atoms with van der Waals surface area (Å²) in [5.74, 6) is 2.83. The van der Waals surface area contributed by atoms with Crippen molar-refractivity contribution in [2.45, 2.75) is 85.1 Å². The van der Waals surface area contributed by atoms with Gasteiger partial charge in [-0.15, -0.1) is 0 Å². The Morgan fingerprint density at radius 2 is 1.79 bits per heavy atom. The van der Waals surface area contributed by atoms with Crippen molar-refractivity contribution < 1.29 is 0 Å². The third-order valence-corrected chi connectivity index (χ3v) is 6.17. The van der Waals surface area contributed by atoms with Crippen LogP contribution in [-0.2, 0) is 0 Å². The molecule has 1 N–H and O–H groups in total. The molecule has 0 bridgehead atoms. The summed E-state index contributed by atoms with van der Waals surface area (Å²) in [7, 11) is 0. The fourth-order valence-corrected chi connectivity index (χ4v) is 5.06. The average molecular weight is 265 g/mol. The van der Waals surface area contributed by atoms with Crippen molar-refractivity contribution in [2.75, 3.05) is 6.54 Å². The molecule has 0 aromatic heterocycles. The van der Waals surface area contributed by atoms with Gasteiger partial charge >= 0.3 is 0 Å². The van der Waals surface area contributed by atoms with Gasteiger partial charge < -0.3 is 5.32 Å². The van der Waals surface area contributed by atoms with Crippen LogP contribution in [0.1, 0.15) is 79.1 Å². The summed E-state index contributed by atoms with van der Waals surface area (Å²) in [6.07, 6.45) is 11.6. The highest BCUT2D eigenvalue weighted by Gasteiger charge is 2.43. The van der Waals surface area contributed by atoms with Gasteiger partial charge in [0.25, 0.3) is 0 Å². The summed E-state index contributed by atoms with van der Waals surface area (Å²) in [5, 5.41) is 3.91. The molecule has 2 rings (SSSR count). The van der Waals surface area contributed by atoms with E-state index in [1.54, 1.807) is 0 Å². The SMILES string of the molecule is CCNC(C1CCCCC1CC)C1CCCC1(C)C. The predicted octanol–water partition coefficient (Wildman–Crippen LogP) is 5.01. The van der Waals surface area contributed by atoms with Crippen molar-refractivity contribution in [1.29, 1.82) is 0 Å². The van der Waals surface area contributed by atoms with Crippen LogP contribution in [-0.4, -0.2) is 12.6 Å². The van der Waals surface area contributed by atoms with Crippen molar-refractivity contribution >= 4 is 0 Å². The van der Waals surface area contributed by atoms with E-state index in [1.807, 2.05) is 0 Å². The Hall–Kier alpha value is -0.0400. The van der Waals surface area contributed by atoms with Crippen molar-refractivity contribution in [3.05, 3.63) is 0 Å². The zero-order valence-electron chi connectivity index (χ0n) is 13.7. The lowest BCUT2D eigenvalue weighted by Gasteiger charge is -2.44. The predicted molar refractivity (Wildman–Crippen MR) is 84.3 cm³/mol. The van der Waals surface area contributed by atoms with Gasteiger partial charge in [-0.2, -0.15) is 0 Å². The highest BCUT2D eigenvalue weighted by molar-refractivity contribution is 4.97. The molecule has 2 aliphatic carbocycles. The summed E-state index contributed by atoms with van der Waals surface area (Å²) in [6.45, 7) is 10.9. The Morgan fingerprint density at radius 3 is 2.37 bits per heavy atom. The maximum atomic E-state index is 3.91. The minimum absolute atomic E-state index is 0.558. The summed E-state index contributed by atoms with van der Waals surface area (Å²) in [5.41, 5.74) is 0.558. The van der Waals surface area contributed by atoms with Gasteiger partial charge in [0.15, 0.2) is 0 Å². The fourth-order valence-electron chi connectivity index (χ4n) is 5.06. The largest absolute Gasteiger partial charge is 0.314 e. The van der Waals surface area contributed by atoms with Crippen LogP contribution in [0.5, 0.6) is 0 Å². The Kier molecular flexibility index (Phi) is 5.34. The van der Waals surface area contributed by atoms with Crippen LogP contribution < -0.4 is 5.32 Å². The first-order valence-electron chi connectivity index (χ1n) is 8.83. The number of hydrogen-bond acceptors (Lipinski definition) is 1. The van der Waals surface area contributed by atoms with Crippen LogP contribution in [0.3, 0.4) is 0 Å². The molecule has 112 valence electrons. The second-order valence-corrected chi connectivity index (χ2v) is 7.69. The van der Waals surface area contributed by atoms with E-state index in [0.29, 0.717) is 5.41 Å². The molecule has 0 saturated heterocycles. The molecule has 0 heterocycles. The molecule has 0 spiro atoms. The number of rotatable bonds is 5. The molecule has 0 amide bonds. The van der Waals surface area contributed by atoms with E-state index in [0.717, 1.165) is 30.3 Å². The van der Waals surface area contributed by atoms with Gasteiger partial charge in [-0.25, -0.2) is 0 Å². The Morgan fingerprint density at radius 1 is 1.05 bits per heavy atom. The molecule has 1 heteroatoms. The molecule has 0 aromatic rings. The second-order valence-electron chi connectivity index (χ2n) is 7.69. The van der Waals surface area contributed by atoms with E-state index >= 15 is 0 Å². The normalized spacial score (nSPS) is 36.3. The van der Waals surface area contributed by atoms with Crippen LogP contribution in [0.15, 0.2) is 0 Å². The molecule has 2 fully saturated rings. The summed E-state index contributed by atoms with van der Waals surface area (Å²) >= 11 is 0. The quantitative estimate of drug-likeness (QED) is 0.737. The molecule has 0 aromatic carbocycles. The molecule has 0 radical (unpaired) electrons. The van der Waals surface area contributed by atoms with Crippen LogP contribution in [0.4, 0.5) is 0 Å². The molecule has 0 aliphatic heterocycles. The van der Waals surface area contributed by atoms with Gasteiger partial charge in [-0.05, 0) is 49.0 Å². The molecule has 19 heavy (non-hydrogen) atoms. The Labute approximate surface area is 120 Å². The van der Waals surface area contributed by atoms with E-state index in [9.17, 15) is 0 Å². The molecule has 4 unspecified atom stereocenters. The monoisotopic (exact) mass is 265 g/mol. The van der Waals surface area contributed by atoms with Gasteiger partial charge in [0.2, 0.25) is 0 Å².